The highest BCUT2D eigenvalue weighted by Crippen LogP contribution is 2.26. The van der Waals surface area contributed by atoms with E-state index in [1.807, 2.05) is 25.4 Å². The van der Waals surface area contributed by atoms with Crippen LogP contribution >= 0.6 is 0 Å². The van der Waals surface area contributed by atoms with Crippen molar-refractivity contribution in [1.29, 1.82) is 0 Å². The molecule has 1 aromatic heterocycles. The van der Waals surface area contributed by atoms with Gasteiger partial charge in [-0.15, -0.1) is 6.58 Å². The number of nitrogens with zero attached hydrogens (tertiary/aromatic N) is 2. The fourth-order valence-electron chi connectivity index (χ4n) is 3.33. The summed E-state index contributed by atoms with van der Waals surface area (Å²) in [4.78, 5) is 8.95. The average Bonchev–Trinajstić information content (AvgIpc) is 2.68. The van der Waals surface area contributed by atoms with Crippen LogP contribution in [0, 0.1) is 13.8 Å². The molecule has 0 saturated heterocycles. The molecule has 0 bridgehead atoms. The van der Waals surface area contributed by atoms with Crippen molar-refractivity contribution in [3.8, 4) is 11.1 Å². The summed E-state index contributed by atoms with van der Waals surface area (Å²) in [6.07, 6.45) is 5.32. The van der Waals surface area contributed by atoms with E-state index in [-0.39, 0.29) is 0 Å². The maximum absolute atomic E-state index is 4.56. The second kappa shape index (κ2) is 8.59. The van der Waals surface area contributed by atoms with Crippen LogP contribution in [0.15, 0.2) is 78.4 Å². The lowest BCUT2D eigenvalue weighted by Crippen LogP contribution is -2.02. The van der Waals surface area contributed by atoms with Crippen LogP contribution in [0.3, 0.4) is 0 Å². The van der Waals surface area contributed by atoms with Crippen molar-refractivity contribution in [3.05, 3.63) is 101 Å². The van der Waals surface area contributed by atoms with Crippen LogP contribution in [0.25, 0.3) is 11.1 Å². The van der Waals surface area contributed by atoms with Gasteiger partial charge in [-0.25, -0.2) is 0 Å². The van der Waals surface area contributed by atoms with E-state index in [4.69, 9.17) is 0 Å². The number of aromatic nitrogens is 1. The molecule has 3 aromatic rings. The molecule has 0 aliphatic heterocycles. The summed E-state index contributed by atoms with van der Waals surface area (Å²) in [6, 6.07) is 19.5. The van der Waals surface area contributed by atoms with Gasteiger partial charge in [0.2, 0.25) is 0 Å². The molecule has 136 valence electrons. The van der Waals surface area contributed by atoms with Gasteiger partial charge in [0.05, 0.1) is 0 Å². The third-order valence-corrected chi connectivity index (χ3v) is 4.77. The lowest BCUT2D eigenvalue weighted by molar-refractivity contribution is 1.07. The molecule has 0 spiro atoms. The zero-order valence-electron chi connectivity index (χ0n) is 16.4. The van der Waals surface area contributed by atoms with Crippen molar-refractivity contribution in [1.82, 2.24) is 4.98 Å². The zero-order chi connectivity index (χ0) is 19.2. The molecule has 0 fully saturated rings. The van der Waals surface area contributed by atoms with E-state index in [0.29, 0.717) is 0 Å². The van der Waals surface area contributed by atoms with Crippen LogP contribution in [0.1, 0.15) is 34.4 Å². The Morgan fingerprint density at radius 1 is 1.07 bits per heavy atom. The van der Waals surface area contributed by atoms with Crippen LogP contribution in [0.2, 0.25) is 0 Å². The zero-order valence-corrected chi connectivity index (χ0v) is 16.4. The summed E-state index contributed by atoms with van der Waals surface area (Å²) in [7, 11) is 1.83. The van der Waals surface area contributed by atoms with E-state index in [2.05, 4.69) is 78.9 Å². The monoisotopic (exact) mass is 354 g/mol. The predicted molar refractivity (Wildman–Crippen MR) is 116 cm³/mol. The van der Waals surface area contributed by atoms with Gasteiger partial charge in [-0.3, -0.25) is 9.98 Å². The molecular formula is C25H26N2. The van der Waals surface area contributed by atoms with Gasteiger partial charge in [0.25, 0.3) is 0 Å². The van der Waals surface area contributed by atoms with E-state index in [1.54, 1.807) is 0 Å². The van der Waals surface area contributed by atoms with Crippen molar-refractivity contribution in [2.45, 2.75) is 26.7 Å². The fraction of sp³-hybridized carbons (Fsp3) is 0.200. The minimum absolute atomic E-state index is 0.766. The molecule has 0 N–H and O–H groups in total. The summed E-state index contributed by atoms with van der Waals surface area (Å²) in [5.74, 6) is 0. The third kappa shape index (κ3) is 4.59. The number of hydrogen-bond acceptors (Lipinski definition) is 2. The fourth-order valence-corrected chi connectivity index (χ4v) is 3.33. The van der Waals surface area contributed by atoms with E-state index >= 15 is 0 Å². The van der Waals surface area contributed by atoms with E-state index < -0.39 is 0 Å². The largest absolute Gasteiger partial charge is 0.292 e. The minimum Gasteiger partial charge on any atom is -0.292 e. The Hall–Kier alpha value is -3.00. The average molecular weight is 354 g/mol. The topological polar surface area (TPSA) is 25.2 Å². The SMILES string of the molecule is C=CCC(=NC)c1ccnc(Cc2cccc(-c3cc(C)ccc3C)c2)c1. The van der Waals surface area contributed by atoms with E-state index in [9.17, 15) is 0 Å². The Balaban J connectivity index is 1.89. The van der Waals surface area contributed by atoms with Crippen molar-refractivity contribution in [2.75, 3.05) is 7.05 Å². The number of rotatable bonds is 6. The Morgan fingerprint density at radius 3 is 2.70 bits per heavy atom. The standard InChI is InChI=1S/C25H26N2/c1-5-7-25(26-4)22-12-13-27-23(17-22)16-20-8-6-9-21(15-20)24-14-18(2)10-11-19(24)3/h5-6,8-15,17H,1,7,16H2,2-4H3. The molecule has 0 saturated carbocycles. The number of benzene rings is 2. The highest BCUT2D eigenvalue weighted by atomic mass is 14.7. The Morgan fingerprint density at radius 2 is 1.93 bits per heavy atom. The molecule has 2 heteroatoms. The van der Waals surface area contributed by atoms with Crippen LogP contribution in [-0.4, -0.2) is 17.7 Å². The van der Waals surface area contributed by atoms with Crippen LogP contribution in [0.4, 0.5) is 0 Å². The van der Waals surface area contributed by atoms with Gasteiger partial charge >= 0.3 is 0 Å². The van der Waals surface area contributed by atoms with Crippen LogP contribution in [-0.2, 0) is 6.42 Å². The summed E-state index contributed by atoms with van der Waals surface area (Å²) in [6.45, 7) is 8.12. The normalized spacial score (nSPS) is 11.4. The van der Waals surface area contributed by atoms with Gasteiger partial charge in [0.15, 0.2) is 0 Å². The highest BCUT2D eigenvalue weighted by molar-refractivity contribution is 6.01. The first kappa shape index (κ1) is 18.8. The van der Waals surface area contributed by atoms with Gasteiger partial charge in [0, 0.05) is 37.5 Å². The summed E-state index contributed by atoms with van der Waals surface area (Å²) < 4.78 is 0. The highest BCUT2D eigenvalue weighted by Gasteiger charge is 2.07. The Labute approximate surface area is 162 Å². The summed E-state index contributed by atoms with van der Waals surface area (Å²) in [5, 5.41) is 0. The number of aryl methyl sites for hydroxylation is 2. The molecule has 0 aliphatic carbocycles. The van der Waals surface area contributed by atoms with Gasteiger partial charge in [-0.2, -0.15) is 0 Å². The summed E-state index contributed by atoms with van der Waals surface area (Å²) >= 11 is 0. The van der Waals surface area contributed by atoms with E-state index in [0.717, 1.165) is 29.8 Å². The molecule has 0 amide bonds. The molecule has 2 nitrogen and oxygen atoms in total. The van der Waals surface area contributed by atoms with Crippen molar-refractivity contribution in [3.63, 3.8) is 0 Å². The van der Waals surface area contributed by atoms with Gasteiger partial charge in [-0.1, -0.05) is 54.1 Å². The van der Waals surface area contributed by atoms with Crippen molar-refractivity contribution >= 4 is 5.71 Å². The second-order valence-corrected chi connectivity index (χ2v) is 6.89. The number of aliphatic imine (C=N–C) groups is 1. The molecule has 1 heterocycles. The molecule has 27 heavy (non-hydrogen) atoms. The molecular weight excluding hydrogens is 328 g/mol. The number of allylic oxidation sites excluding steroid dienone is 1. The maximum Gasteiger partial charge on any atom is 0.0455 e. The quantitative estimate of drug-likeness (QED) is 0.396. The smallest absolute Gasteiger partial charge is 0.0455 e. The van der Waals surface area contributed by atoms with Crippen molar-refractivity contribution < 1.29 is 0 Å². The number of hydrogen-bond donors (Lipinski definition) is 0. The lowest BCUT2D eigenvalue weighted by Gasteiger charge is -2.10. The lowest BCUT2D eigenvalue weighted by atomic mass is 9.96. The first-order chi connectivity index (χ1) is 13.1. The minimum atomic E-state index is 0.766. The predicted octanol–water partition coefficient (Wildman–Crippen LogP) is 5.95. The van der Waals surface area contributed by atoms with Crippen LogP contribution < -0.4 is 0 Å². The molecule has 0 radical (unpaired) electrons. The molecule has 2 aromatic carbocycles. The van der Waals surface area contributed by atoms with Crippen LogP contribution in [0.5, 0.6) is 0 Å². The van der Waals surface area contributed by atoms with Gasteiger partial charge < -0.3 is 0 Å². The number of pyridine rings is 1. The third-order valence-electron chi connectivity index (χ3n) is 4.77. The second-order valence-electron chi connectivity index (χ2n) is 6.89. The molecule has 0 unspecified atom stereocenters. The van der Waals surface area contributed by atoms with Gasteiger partial charge in [0.1, 0.15) is 0 Å². The van der Waals surface area contributed by atoms with E-state index in [1.165, 1.54) is 27.8 Å². The molecule has 0 atom stereocenters. The first-order valence-corrected chi connectivity index (χ1v) is 9.29. The maximum atomic E-state index is 4.56. The first-order valence-electron chi connectivity index (χ1n) is 9.29. The molecule has 0 aliphatic rings. The molecule has 3 rings (SSSR count). The van der Waals surface area contributed by atoms with Gasteiger partial charge in [-0.05, 0) is 53.8 Å². The van der Waals surface area contributed by atoms with Crippen molar-refractivity contribution in [2.24, 2.45) is 4.99 Å². The Kier molecular flexibility index (Phi) is 5.97. The summed E-state index contributed by atoms with van der Waals surface area (Å²) in [5.41, 5.74) is 9.60. The Bertz CT molecular complexity index is 983.